The second kappa shape index (κ2) is 9.50. The molecular formula is C24H29NO6S. The molecule has 1 saturated carbocycles. The molecule has 172 valence electrons. The molecule has 4 rings (SSSR count). The third-order valence-corrected chi connectivity index (χ3v) is 6.33. The number of aryl methyl sites for hydroxylation is 1. The van der Waals surface area contributed by atoms with Gasteiger partial charge in [0.05, 0.1) is 6.26 Å². The predicted molar refractivity (Wildman–Crippen MR) is 122 cm³/mol. The second-order valence-electron chi connectivity index (χ2n) is 8.25. The molecule has 0 N–H and O–H groups in total. The van der Waals surface area contributed by atoms with Crippen LogP contribution < -0.4 is 14.4 Å². The van der Waals surface area contributed by atoms with Crippen LogP contribution in [0.1, 0.15) is 43.2 Å². The van der Waals surface area contributed by atoms with E-state index in [-0.39, 0.29) is 19.1 Å². The van der Waals surface area contributed by atoms with Crippen LogP contribution in [0.3, 0.4) is 0 Å². The Bertz CT molecular complexity index is 1060. The smallest absolute Gasteiger partial charge is 0.268 e. The van der Waals surface area contributed by atoms with E-state index in [0.29, 0.717) is 31.1 Å². The van der Waals surface area contributed by atoms with Crippen molar-refractivity contribution in [3.8, 4) is 11.5 Å². The lowest BCUT2D eigenvalue weighted by Gasteiger charge is -2.19. The first-order chi connectivity index (χ1) is 15.3. The van der Waals surface area contributed by atoms with Crippen LogP contribution in [-0.2, 0) is 25.5 Å². The quantitative estimate of drug-likeness (QED) is 0.398. The van der Waals surface area contributed by atoms with Crippen molar-refractivity contribution in [2.24, 2.45) is 0 Å². The number of ether oxygens (including phenoxy) is 2. The summed E-state index contributed by atoms with van der Waals surface area (Å²) in [4.78, 5) is 14.7. The molecule has 1 saturated heterocycles. The molecular weight excluding hydrogens is 430 g/mol. The number of anilines is 1. The maximum Gasteiger partial charge on any atom is 0.268 e. The van der Waals surface area contributed by atoms with Gasteiger partial charge in [-0.15, -0.1) is 0 Å². The van der Waals surface area contributed by atoms with Crippen LogP contribution in [0.5, 0.6) is 11.5 Å². The molecule has 1 amide bonds. The Morgan fingerprint density at radius 1 is 1.03 bits per heavy atom. The highest BCUT2D eigenvalue weighted by atomic mass is 32.2. The highest BCUT2D eigenvalue weighted by Gasteiger charge is 2.34. The van der Waals surface area contributed by atoms with Crippen molar-refractivity contribution in [2.75, 3.05) is 30.9 Å². The molecule has 2 aliphatic rings. The van der Waals surface area contributed by atoms with E-state index in [1.807, 2.05) is 37.3 Å². The minimum atomic E-state index is -3.49. The summed E-state index contributed by atoms with van der Waals surface area (Å²) in [6.07, 6.45) is 4.38. The van der Waals surface area contributed by atoms with Crippen LogP contribution in [0.4, 0.5) is 5.69 Å². The zero-order valence-electron chi connectivity index (χ0n) is 18.5. The molecule has 0 spiro atoms. The standard InChI is InChI=1S/C24H29NO6S/c1-3-17-16-20(8-11-22(17)29-14-15-30-32(2,27)28)25-13-12-23(24(25)26)31-21-9-6-19(7-10-21)18-4-5-18/h6-11,16,18,23H,3-5,12-15H2,1-2H3/t23-/m0/s1. The van der Waals surface area contributed by atoms with Gasteiger partial charge < -0.3 is 14.4 Å². The van der Waals surface area contributed by atoms with Crippen molar-refractivity contribution in [3.05, 3.63) is 53.6 Å². The van der Waals surface area contributed by atoms with Crippen molar-refractivity contribution >= 4 is 21.7 Å². The van der Waals surface area contributed by atoms with Crippen LogP contribution >= 0.6 is 0 Å². The molecule has 8 heteroatoms. The van der Waals surface area contributed by atoms with Crippen LogP contribution in [0.25, 0.3) is 0 Å². The van der Waals surface area contributed by atoms with E-state index in [9.17, 15) is 13.2 Å². The minimum Gasteiger partial charge on any atom is -0.491 e. The number of rotatable bonds is 10. The second-order valence-corrected chi connectivity index (χ2v) is 9.89. The van der Waals surface area contributed by atoms with Gasteiger partial charge in [0.2, 0.25) is 0 Å². The zero-order chi connectivity index (χ0) is 22.7. The first kappa shape index (κ1) is 22.6. The molecule has 1 heterocycles. The maximum absolute atomic E-state index is 13.0. The number of hydrogen-bond donors (Lipinski definition) is 0. The van der Waals surface area contributed by atoms with Gasteiger partial charge in [-0.3, -0.25) is 8.98 Å². The minimum absolute atomic E-state index is 0.0466. The SMILES string of the molecule is CCc1cc(N2CC[C@H](Oc3ccc(C4CC4)cc3)C2=O)ccc1OCCOS(C)(=O)=O. The number of nitrogens with zero attached hydrogens (tertiary/aromatic N) is 1. The molecule has 0 radical (unpaired) electrons. The lowest BCUT2D eigenvalue weighted by molar-refractivity contribution is -0.122. The van der Waals surface area contributed by atoms with Crippen LogP contribution in [0.15, 0.2) is 42.5 Å². The van der Waals surface area contributed by atoms with Crippen molar-refractivity contribution in [3.63, 3.8) is 0 Å². The van der Waals surface area contributed by atoms with E-state index < -0.39 is 16.2 Å². The van der Waals surface area contributed by atoms with E-state index in [1.54, 1.807) is 4.90 Å². The lowest BCUT2D eigenvalue weighted by atomic mass is 10.1. The van der Waals surface area contributed by atoms with Crippen LogP contribution in [0, 0.1) is 0 Å². The molecule has 2 fully saturated rings. The molecule has 0 bridgehead atoms. The summed E-state index contributed by atoms with van der Waals surface area (Å²) in [5.41, 5.74) is 3.09. The predicted octanol–water partition coefficient (Wildman–Crippen LogP) is 3.67. The number of amides is 1. The van der Waals surface area contributed by atoms with Gasteiger partial charge in [0, 0.05) is 18.7 Å². The first-order valence-electron chi connectivity index (χ1n) is 11.0. The monoisotopic (exact) mass is 459 g/mol. The summed E-state index contributed by atoms with van der Waals surface area (Å²) >= 11 is 0. The molecule has 0 unspecified atom stereocenters. The summed E-state index contributed by atoms with van der Waals surface area (Å²) in [7, 11) is -3.49. The molecule has 1 aliphatic heterocycles. The van der Waals surface area contributed by atoms with E-state index in [4.69, 9.17) is 13.7 Å². The summed E-state index contributed by atoms with van der Waals surface area (Å²) in [5, 5.41) is 0. The number of benzene rings is 2. The number of hydrogen-bond acceptors (Lipinski definition) is 6. The Labute approximate surface area is 189 Å². The third kappa shape index (κ3) is 5.61. The van der Waals surface area contributed by atoms with Gasteiger partial charge in [-0.25, -0.2) is 0 Å². The van der Waals surface area contributed by atoms with E-state index in [2.05, 4.69) is 12.1 Å². The highest BCUT2D eigenvalue weighted by Crippen LogP contribution is 2.40. The molecule has 2 aromatic rings. The van der Waals surface area contributed by atoms with Crippen molar-refractivity contribution in [1.82, 2.24) is 0 Å². The fourth-order valence-corrected chi connectivity index (χ4v) is 4.28. The van der Waals surface area contributed by atoms with Gasteiger partial charge in [-0.1, -0.05) is 19.1 Å². The Morgan fingerprint density at radius 3 is 2.44 bits per heavy atom. The Morgan fingerprint density at radius 2 is 1.78 bits per heavy atom. The van der Waals surface area contributed by atoms with Gasteiger partial charge in [-0.2, -0.15) is 8.42 Å². The number of carbonyl (C=O) groups is 1. The fraction of sp³-hybridized carbons (Fsp3) is 0.458. The van der Waals surface area contributed by atoms with Crippen molar-refractivity contribution < 1.29 is 26.9 Å². The highest BCUT2D eigenvalue weighted by molar-refractivity contribution is 7.85. The normalized spacial score (nSPS) is 18.8. The van der Waals surface area contributed by atoms with Gasteiger partial charge in [0.1, 0.15) is 24.7 Å². The van der Waals surface area contributed by atoms with Crippen LogP contribution in [-0.4, -0.2) is 46.4 Å². The summed E-state index contributed by atoms with van der Waals surface area (Å²) in [6, 6.07) is 13.7. The van der Waals surface area contributed by atoms with Gasteiger partial charge >= 0.3 is 0 Å². The Balaban J connectivity index is 1.37. The molecule has 2 aromatic carbocycles. The average Bonchev–Trinajstić information content (AvgIpc) is 3.56. The molecule has 1 atom stereocenters. The molecule has 32 heavy (non-hydrogen) atoms. The van der Waals surface area contributed by atoms with Crippen molar-refractivity contribution in [2.45, 2.75) is 44.6 Å². The van der Waals surface area contributed by atoms with Gasteiger partial charge in [0.25, 0.3) is 16.0 Å². The zero-order valence-corrected chi connectivity index (χ0v) is 19.3. The van der Waals surface area contributed by atoms with E-state index >= 15 is 0 Å². The maximum atomic E-state index is 13.0. The van der Waals surface area contributed by atoms with E-state index in [1.165, 1.54) is 18.4 Å². The lowest BCUT2D eigenvalue weighted by Crippen LogP contribution is -2.32. The van der Waals surface area contributed by atoms with Gasteiger partial charge in [-0.05, 0) is 66.6 Å². The van der Waals surface area contributed by atoms with Crippen molar-refractivity contribution in [1.29, 1.82) is 0 Å². The van der Waals surface area contributed by atoms with Gasteiger partial charge in [0.15, 0.2) is 6.10 Å². The van der Waals surface area contributed by atoms with E-state index in [0.717, 1.165) is 23.3 Å². The fourth-order valence-electron chi connectivity index (χ4n) is 3.91. The molecule has 7 nitrogen and oxygen atoms in total. The topological polar surface area (TPSA) is 82.1 Å². The largest absolute Gasteiger partial charge is 0.491 e. The number of carbonyl (C=O) groups excluding carboxylic acids is 1. The Kier molecular flexibility index (Phi) is 6.71. The van der Waals surface area contributed by atoms with Crippen LogP contribution in [0.2, 0.25) is 0 Å². The summed E-state index contributed by atoms with van der Waals surface area (Å²) < 4.78 is 38.5. The summed E-state index contributed by atoms with van der Waals surface area (Å²) in [6.45, 7) is 2.67. The first-order valence-corrected chi connectivity index (χ1v) is 12.8. The third-order valence-electron chi connectivity index (χ3n) is 5.74. The average molecular weight is 460 g/mol. The molecule has 1 aliphatic carbocycles. The Hall–Kier alpha value is -2.58. The summed E-state index contributed by atoms with van der Waals surface area (Å²) in [5.74, 6) is 2.03. The molecule has 0 aromatic heterocycles.